The number of fused-ring (bicyclic) bond motifs is 7. The molecule has 5 heterocycles. The van der Waals surface area contributed by atoms with Crippen LogP contribution in [0, 0.1) is 0 Å². The summed E-state index contributed by atoms with van der Waals surface area (Å²) in [5.41, 5.74) is 11.9. The van der Waals surface area contributed by atoms with Gasteiger partial charge in [-0.2, -0.15) is 15.0 Å². The first kappa shape index (κ1) is 36.6. The molecule has 65 heavy (non-hydrogen) atoms. The molecule has 13 rings (SSSR count). The molecule has 0 unspecified atom stereocenters. The second-order valence-corrected chi connectivity index (χ2v) is 16.2. The van der Waals surface area contributed by atoms with Gasteiger partial charge in [-0.25, -0.2) is 9.97 Å². The van der Waals surface area contributed by atoms with E-state index < -0.39 is 0 Å². The predicted molar refractivity (Wildman–Crippen MR) is 263 cm³/mol. The Morgan fingerprint density at radius 3 is 1.11 bits per heavy atom. The van der Waals surface area contributed by atoms with Gasteiger partial charge in [-0.3, -0.25) is 13.7 Å². The zero-order valence-electron chi connectivity index (χ0n) is 34.9. The highest BCUT2D eigenvalue weighted by atomic mass is 15.3. The smallest absolute Gasteiger partial charge is 0.241 e. The Morgan fingerprint density at radius 1 is 0.277 bits per heavy atom. The maximum Gasteiger partial charge on any atom is 0.241 e. The molecule has 0 aliphatic rings. The van der Waals surface area contributed by atoms with Crippen LogP contribution >= 0.6 is 0 Å². The summed E-state index contributed by atoms with van der Waals surface area (Å²) in [6, 6.07) is 73.4. The van der Waals surface area contributed by atoms with Crippen molar-refractivity contribution in [2.24, 2.45) is 0 Å². The van der Waals surface area contributed by atoms with Crippen LogP contribution in [0.5, 0.6) is 0 Å². The number of hydrogen-bond donors (Lipinski definition) is 0. The zero-order valence-corrected chi connectivity index (χ0v) is 34.9. The fraction of sp³-hybridized carbons (Fsp3) is 0. The molecule has 0 fully saturated rings. The lowest BCUT2D eigenvalue weighted by atomic mass is 10.0. The van der Waals surface area contributed by atoms with Crippen LogP contribution < -0.4 is 0 Å². The Kier molecular flexibility index (Phi) is 8.35. The van der Waals surface area contributed by atoms with Crippen molar-refractivity contribution in [1.82, 2.24) is 38.6 Å². The molecule has 8 aromatic carbocycles. The van der Waals surface area contributed by atoms with Gasteiger partial charge in [-0.15, -0.1) is 0 Å². The number of benzene rings is 8. The molecular formula is C57H36N8. The highest BCUT2D eigenvalue weighted by molar-refractivity contribution is 6.10. The summed E-state index contributed by atoms with van der Waals surface area (Å²) < 4.78 is 6.43. The maximum atomic E-state index is 5.37. The zero-order chi connectivity index (χ0) is 42.8. The minimum Gasteiger partial charge on any atom is -0.285 e. The minimum absolute atomic E-state index is 0.507. The lowest BCUT2D eigenvalue weighted by Crippen LogP contribution is -2.13. The van der Waals surface area contributed by atoms with E-state index in [4.69, 9.17) is 24.9 Å². The number of aromatic nitrogens is 8. The van der Waals surface area contributed by atoms with Crippen LogP contribution in [-0.4, -0.2) is 38.6 Å². The van der Waals surface area contributed by atoms with Crippen molar-refractivity contribution < 1.29 is 0 Å². The Hall–Kier alpha value is -9.01. The Balaban J connectivity index is 0.996. The normalized spacial score (nSPS) is 11.7. The van der Waals surface area contributed by atoms with Gasteiger partial charge in [0.1, 0.15) is 0 Å². The molecule has 304 valence electrons. The van der Waals surface area contributed by atoms with Gasteiger partial charge < -0.3 is 0 Å². The fourth-order valence-electron chi connectivity index (χ4n) is 9.39. The van der Waals surface area contributed by atoms with Crippen LogP contribution in [0.4, 0.5) is 0 Å². The van der Waals surface area contributed by atoms with Crippen molar-refractivity contribution in [3.63, 3.8) is 0 Å². The molecule has 0 radical (unpaired) electrons. The van der Waals surface area contributed by atoms with E-state index in [0.29, 0.717) is 23.7 Å². The highest BCUT2D eigenvalue weighted by Crippen LogP contribution is 2.37. The third-order valence-corrected chi connectivity index (χ3v) is 12.4. The van der Waals surface area contributed by atoms with Crippen LogP contribution in [0.15, 0.2) is 219 Å². The maximum absolute atomic E-state index is 5.37. The van der Waals surface area contributed by atoms with Crippen LogP contribution in [0.3, 0.4) is 0 Å². The van der Waals surface area contributed by atoms with E-state index in [1.54, 1.807) is 0 Å². The van der Waals surface area contributed by atoms with E-state index >= 15 is 0 Å². The number of para-hydroxylation sites is 5. The van der Waals surface area contributed by atoms with Crippen molar-refractivity contribution in [1.29, 1.82) is 0 Å². The number of hydrogen-bond acceptors (Lipinski definition) is 5. The van der Waals surface area contributed by atoms with Crippen molar-refractivity contribution in [3.05, 3.63) is 219 Å². The summed E-state index contributed by atoms with van der Waals surface area (Å²) in [6.07, 6.45) is 2.15. The van der Waals surface area contributed by atoms with Gasteiger partial charge in [0.25, 0.3) is 0 Å². The van der Waals surface area contributed by atoms with Crippen LogP contribution in [0.25, 0.3) is 117 Å². The predicted octanol–water partition coefficient (Wildman–Crippen LogP) is 13.5. The largest absolute Gasteiger partial charge is 0.285 e. The summed E-state index contributed by atoms with van der Waals surface area (Å²) in [7, 11) is 0. The average molecular weight is 833 g/mol. The molecule has 0 amide bonds. The van der Waals surface area contributed by atoms with E-state index in [-0.39, 0.29) is 0 Å². The summed E-state index contributed by atoms with van der Waals surface area (Å²) in [6.45, 7) is 0. The fourth-order valence-corrected chi connectivity index (χ4v) is 9.39. The first-order chi connectivity index (χ1) is 32.2. The standard InChI is InChI=1S/C57H36N8/c1-3-17-38(18-4-1)47-35-48(39-19-5-2-6-20-39)59-54(58-47)40-33-31-37(32-34-40)46-36-63(49-26-12-7-25-45(46)49)55-60-56(64-50-27-13-8-21-41(50)42-22-9-14-28-51(42)64)62-57(61-55)65-52-29-15-10-23-43(52)44-24-11-16-30-53(44)65/h1-36H. The molecule has 0 atom stereocenters. The van der Waals surface area contributed by atoms with Crippen LogP contribution in [0.2, 0.25) is 0 Å². The topological polar surface area (TPSA) is 79.2 Å². The molecule has 0 N–H and O–H groups in total. The van der Waals surface area contributed by atoms with E-state index in [2.05, 4.69) is 196 Å². The van der Waals surface area contributed by atoms with E-state index in [1.807, 2.05) is 36.4 Å². The van der Waals surface area contributed by atoms with Crippen molar-refractivity contribution in [2.45, 2.75) is 0 Å². The van der Waals surface area contributed by atoms with E-state index in [0.717, 1.165) is 93.7 Å². The monoisotopic (exact) mass is 832 g/mol. The number of rotatable bonds is 7. The third-order valence-electron chi connectivity index (χ3n) is 12.4. The second-order valence-electron chi connectivity index (χ2n) is 16.2. The van der Waals surface area contributed by atoms with Gasteiger partial charge in [-0.1, -0.05) is 176 Å². The molecule has 8 nitrogen and oxygen atoms in total. The summed E-state index contributed by atoms with van der Waals surface area (Å²) in [4.78, 5) is 26.3. The Morgan fingerprint density at radius 2 is 0.646 bits per heavy atom. The third kappa shape index (κ3) is 6.03. The van der Waals surface area contributed by atoms with E-state index in [1.165, 1.54) is 0 Å². The summed E-state index contributed by atoms with van der Waals surface area (Å²) >= 11 is 0. The van der Waals surface area contributed by atoms with Gasteiger partial charge in [-0.05, 0) is 42.0 Å². The first-order valence-corrected chi connectivity index (χ1v) is 21.7. The molecule has 0 saturated carbocycles. The second kappa shape index (κ2) is 14.8. The molecule has 0 aliphatic carbocycles. The molecule has 13 aromatic rings. The first-order valence-electron chi connectivity index (χ1n) is 21.7. The van der Waals surface area contributed by atoms with Gasteiger partial charge in [0.15, 0.2) is 5.82 Å². The Bertz CT molecular complexity index is 3640. The molecule has 0 aliphatic heterocycles. The van der Waals surface area contributed by atoms with Crippen LogP contribution in [0.1, 0.15) is 0 Å². The molecule has 0 spiro atoms. The summed E-state index contributed by atoms with van der Waals surface area (Å²) in [5, 5.41) is 5.61. The summed E-state index contributed by atoms with van der Waals surface area (Å²) in [5.74, 6) is 2.23. The van der Waals surface area contributed by atoms with Gasteiger partial charge in [0.05, 0.1) is 39.0 Å². The lowest BCUT2D eigenvalue weighted by molar-refractivity contribution is 0.840. The molecule has 0 saturated heterocycles. The van der Waals surface area contributed by atoms with Gasteiger partial charge in [0, 0.05) is 55.4 Å². The molecular weight excluding hydrogens is 797 g/mol. The molecule has 5 aromatic heterocycles. The lowest BCUT2D eigenvalue weighted by Gasteiger charge is -2.13. The van der Waals surface area contributed by atoms with Crippen LogP contribution in [-0.2, 0) is 0 Å². The van der Waals surface area contributed by atoms with Crippen molar-refractivity contribution in [2.75, 3.05) is 0 Å². The molecule has 8 heteroatoms. The quantitative estimate of drug-likeness (QED) is 0.160. The van der Waals surface area contributed by atoms with Crippen molar-refractivity contribution in [3.8, 4) is 62.9 Å². The van der Waals surface area contributed by atoms with Gasteiger partial charge in [0.2, 0.25) is 17.8 Å². The average Bonchev–Trinajstić information content (AvgIpc) is 4.05. The Labute approximate surface area is 373 Å². The van der Waals surface area contributed by atoms with E-state index in [9.17, 15) is 0 Å². The minimum atomic E-state index is 0.507. The highest BCUT2D eigenvalue weighted by Gasteiger charge is 2.22. The number of nitrogens with zero attached hydrogens (tertiary/aromatic N) is 8. The SMILES string of the molecule is c1ccc(-c2cc(-c3ccccc3)nc(-c3ccc(-c4cn(-c5nc(-n6c7ccccc7c7ccccc76)nc(-n6c7ccccc7c7ccccc76)n5)c5ccccc45)cc3)n2)cc1. The van der Waals surface area contributed by atoms with Crippen molar-refractivity contribution >= 4 is 54.5 Å². The van der Waals surface area contributed by atoms with Gasteiger partial charge >= 0.3 is 0 Å². The molecule has 0 bridgehead atoms.